The lowest BCUT2D eigenvalue weighted by molar-refractivity contribution is -0.148. The number of amides is 2. The van der Waals surface area contributed by atoms with Gasteiger partial charge in [-0.3, -0.25) is 9.59 Å². The summed E-state index contributed by atoms with van der Waals surface area (Å²) in [5.74, 6) is -0.487. The topological polar surface area (TPSA) is 89.4 Å². The van der Waals surface area contributed by atoms with Gasteiger partial charge in [-0.15, -0.1) is 0 Å². The van der Waals surface area contributed by atoms with Crippen LogP contribution in [0.2, 0.25) is 0 Å². The van der Waals surface area contributed by atoms with E-state index in [2.05, 4.69) is 0 Å². The van der Waals surface area contributed by atoms with Crippen LogP contribution in [0.25, 0.3) is 0 Å². The van der Waals surface area contributed by atoms with Crippen molar-refractivity contribution in [3.8, 4) is 0 Å². The van der Waals surface area contributed by atoms with Crippen LogP contribution >= 0.6 is 0 Å². The summed E-state index contributed by atoms with van der Waals surface area (Å²) >= 11 is 0. The van der Waals surface area contributed by atoms with Crippen LogP contribution in [0.3, 0.4) is 0 Å². The first-order valence-corrected chi connectivity index (χ1v) is 5.70. The van der Waals surface area contributed by atoms with Gasteiger partial charge in [-0.05, 0) is 33.1 Å². The first-order chi connectivity index (χ1) is 7.40. The molecule has 0 spiro atoms. The molecule has 1 heterocycles. The predicted molar refractivity (Wildman–Crippen MR) is 61.4 cm³/mol. The molecule has 16 heavy (non-hydrogen) atoms. The zero-order valence-corrected chi connectivity index (χ0v) is 10.0. The van der Waals surface area contributed by atoms with Crippen molar-refractivity contribution in [1.29, 1.82) is 0 Å². The minimum Gasteiger partial charge on any atom is -0.368 e. The van der Waals surface area contributed by atoms with Crippen LogP contribution in [-0.4, -0.2) is 35.8 Å². The van der Waals surface area contributed by atoms with Gasteiger partial charge in [0.1, 0.15) is 6.04 Å². The first-order valence-electron chi connectivity index (χ1n) is 5.70. The van der Waals surface area contributed by atoms with Crippen LogP contribution in [-0.2, 0) is 9.59 Å². The van der Waals surface area contributed by atoms with Gasteiger partial charge >= 0.3 is 0 Å². The number of carbonyl (C=O) groups excluding carboxylic acids is 2. The highest BCUT2D eigenvalue weighted by Crippen LogP contribution is 2.24. The molecule has 4 N–H and O–H groups in total. The van der Waals surface area contributed by atoms with Crippen molar-refractivity contribution < 1.29 is 9.59 Å². The van der Waals surface area contributed by atoms with Gasteiger partial charge in [0, 0.05) is 13.1 Å². The summed E-state index contributed by atoms with van der Waals surface area (Å²) in [5.41, 5.74) is 10.3. The van der Waals surface area contributed by atoms with Crippen molar-refractivity contribution in [2.75, 3.05) is 13.1 Å². The SMILES string of the molecule is CC(C)(CN)C(=O)N1CCCCC1C(N)=O. The van der Waals surface area contributed by atoms with Crippen LogP contribution < -0.4 is 11.5 Å². The summed E-state index contributed by atoms with van der Waals surface area (Å²) in [6.07, 6.45) is 2.54. The summed E-state index contributed by atoms with van der Waals surface area (Å²) in [6.45, 7) is 4.47. The molecule has 0 aromatic carbocycles. The Balaban J connectivity index is 2.83. The number of hydrogen-bond acceptors (Lipinski definition) is 3. The highest BCUT2D eigenvalue weighted by atomic mass is 16.2. The second-order valence-corrected chi connectivity index (χ2v) is 5.00. The lowest BCUT2D eigenvalue weighted by Gasteiger charge is -2.38. The van der Waals surface area contributed by atoms with Crippen LogP contribution in [0.1, 0.15) is 33.1 Å². The van der Waals surface area contributed by atoms with E-state index in [-0.39, 0.29) is 12.5 Å². The Hall–Kier alpha value is -1.10. The van der Waals surface area contributed by atoms with E-state index in [4.69, 9.17) is 11.5 Å². The average molecular weight is 227 g/mol. The molecule has 0 bridgehead atoms. The summed E-state index contributed by atoms with van der Waals surface area (Å²) in [7, 11) is 0. The van der Waals surface area contributed by atoms with Crippen molar-refractivity contribution in [3.63, 3.8) is 0 Å². The predicted octanol–water partition coefficient (Wildman–Crippen LogP) is -0.162. The molecule has 1 saturated heterocycles. The standard InChI is InChI=1S/C11H21N3O2/c1-11(2,7-12)10(16)14-6-4-3-5-8(14)9(13)15/h8H,3-7,12H2,1-2H3,(H2,13,15). The van der Waals surface area contributed by atoms with Gasteiger partial charge in [0.2, 0.25) is 11.8 Å². The molecule has 1 aliphatic heterocycles. The Labute approximate surface area is 96.1 Å². The molecule has 1 rings (SSSR count). The average Bonchev–Trinajstić information content (AvgIpc) is 2.28. The summed E-state index contributed by atoms with van der Waals surface area (Å²) < 4.78 is 0. The normalized spacial score (nSPS) is 21.9. The second-order valence-electron chi connectivity index (χ2n) is 5.00. The Morgan fingerprint density at radius 3 is 2.50 bits per heavy atom. The second kappa shape index (κ2) is 4.82. The number of primary amides is 1. The smallest absolute Gasteiger partial charge is 0.240 e. The number of piperidine rings is 1. The van der Waals surface area contributed by atoms with Gasteiger partial charge in [-0.2, -0.15) is 0 Å². The van der Waals surface area contributed by atoms with E-state index in [9.17, 15) is 9.59 Å². The van der Waals surface area contributed by atoms with Gasteiger partial charge in [0.25, 0.3) is 0 Å². The van der Waals surface area contributed by atoms with Gasteiger partial charge in [-0.1, -0.05) is 0 Å². The minimum atomic E-state index is -0.620. The van der Waals surface area contributed by atoms with Crippen molar-refractivity contribution >= 4 is 11.8 Å². The maximum absolute atomic E-state index is 12.2. The summed E-state index contributed by atoms with van der Waals surface area (Å²) in [5, 5.41) is 0. The highest BCUT2D eigenvalue weighted by molar-refractivity contribution is 5.89. The molecule has 0 saturated carbocycles. The molecule has 5 nitrogen and oxygen atoms in total. The van der Waals surface area contributed by atoms with Crippen molar-refractivity contribution in [2.24, 2.45) is 16.9 Å². The van der Waals surface area contributed by atoms with Crippen molar-refractivity contribution in [2.45, 2.75) is 39.2 Å². The number of nitrogens with zero attached hydrogens (tertiary/aromatic N) is 1. The third-order valence-corrected chi connectivity index (χ3v) is 3.18. The quantitative estimate of drug-likeness (QED) is 0.702. The van der Waals surface area contributed by atoms with Crippen LogP contribution in [0, 0.1) is 5.41 Å². The molecule has 1 fully saturated rings. The van der Waals surface area contributed by atoms with Gasteiger partial charge in [-0.25, -0.2) is 0 Å². The van der Waals surface area contributed by atoms with Crippen LogP contribution in [0.5, 0.6) is 0 Å². The monoisotopic (exact) mass is 227 g/mol. The molecule has 0 aromatic rings. The summed E-state index contributed by atoms with van der Waals surface area (Å²) in [6, 6.07) is -0.452. The van der Waals surface area contributed by atoms with Crippen LogP contribution in [0.15, 0.2) is 0 Å². The number of nitrogens with two attached hydrogens (primary N) is 2. The van der Waals surface area contributed by atoms with E-state index in [0.717, 1.165) is 12.8 Å². The number of hydrogen-bond donors (Lipinski definition) is 2. The molecule has 0 radical (unpaired) electrons. The number of carbonyl (C=O) groups is 2. The number of likely N-dealkylation sites (tertiary alicyclic amines) is 1. The molecule has 0 aromatic heterocycles. The zero-order valence-electron chi connectivity index (χ0n) is 10.0. The van der Waals surface area contributed by atoms with Gasteiger partial charge in [0.05, 0.1) is 5.41 Å². The van der Waals surface area contributed by atoms with Crippen molar-refractivity contribution in [1.82, 2.24) is 4.90 Å². The van der Waals surface area contributed by atoms with E-state index in [1.807, 2.05) is 0 Å². The molecular weight excluding hydrogens is 206 g/mol. The van der Waals surface area contributed by atoms with Crippen molar-refractivity contribution in [3.05, 3.63) is 0 Å². The lowest BCUT2D eigenvalue weighted by Crippen LogP contribution is -2.55. The van der Waals surface area contributed by atoms with E-state index in [1.54, 1.807) is 18.7 Å². The highest BCUT2D eigenvalue weighted by Gasteiger charge is 2.37. The molecule has 5 heteroatoms. The molecule has 0 aliphatic carbocycles. The largest absolute Gasteiger partial charge is 0.368 e. The molecule has 92 valence electrons. The first kappa shape index (κ1) is 13.0. The third kappa shape index (κ3) is 2.52. The molecule has 1 aliphatic rings. The maximum Gasteiger partial charge on any atom is 0.240 e. The minimum absolute atomic E-state index is 0.0708. The van der Waals surface area contributed by atoms with E-state index < -0.39 is 17.4 Å². The Kier molecular flexibility index (Phi) is 3.91. The Morgan fingerprint density at radius 2 is 2.00 bits per heavy atom. The fourth-order valence-corrected chi connectivity index (χ4v) is 1.95. The molecule has 2 amide bonds. The number of rotatable bonds is 3. The third-order valence-electron chi connectivity index (χ3n) is 3.18. The Bertz CT molecular complexity index is 289. The molecular formula is C11H21N3O2. The Morgan fingerprint density at radius 1 is 1.38 bits per heavy atom. The van der Waals surface area contributed by atoms with E-state index in [1.165, 1.54) is 0 Å². The van der Waals surface area contributed by atoms with Crippen LogP contribution in [0.4, 0.5) is 0 Å². The zero-order chi connectivity index (χ0) is 12.3. The molecule has 1 atom stereocenters. The molecule has 1 unspecified atom stereocenters. The van der Waals surface area contributed by atoms with Gasteiger partial charge in [0.15, 0.2) is 0 Å². The van der Waals surface area contributed by atoms with Gasteiger partial charge < -0.3 is 16.4 Å². The maximum atomic E-state index is 12.2. The van der Waals surface area contributed by atoms with E-state index >= 15 is 0 Å². The summed E-state index contributed by atoms with van der Waals surface area (Å²) in [4.78, 5) is 25.1. The fourth-order valence-electron chi connectivity index (χ4n) is 1.95. The lowest BCUT2D eigenvalue weighted by atomic mass is 9.89. The van der Waals surface area contributed by atoms with E-state index in [0.29, 0.717) is 13.0 Å². The fraction of sp³-hybridized carbons (Fsp3) is 0.818.